The number of aryl methyl sites for hydroxylation is 1. The second-order valence-electron chi connectivity index (χ2n) is 7.40. The van der Waals surface area contributed by atoms with Gasteiger partial charge in [-0.3, -0.25) is 9.88 Å². The molecule has 28 heavy (non-hydrogen) atoms. The molecule has 8 nitrogen and oxygen atoms in total. The van der Waals surface area contributed by atoms with Gasteiger partial charge in [-0.15, -0.1) is 0 Å². The summed E-state index contributed by atoms with van der Waals surface area (Å²) >= 11 is 0. The summed E-state index contributed by atoms with van der Waals surface area (Å²) in [5.74, 6) is 3.47. The van der Waals surface area contributed by atoms with E-state index in [1.165, 1.54) is 0 Å². The molecule has 0 N–H and O–H groups in total. The fraction of sp³-hybridized carbons (Fsp3) is 0.450. The molecule has 0 radical (unpaired) electrons. The Hall–Kier alpha value is -2.87. The van der Waals surface area contributed by atoms with Gasteiger partial charge in [-0.25, -0.2) is 9.97 Å². The maximum absolute atomic E-state index is 5.43. The molecular formula is C20H25N7O. The Morgan fingerprint density at radius 2 is 1.93 bits per heavy atom. The number of rotatable bonds is 5. The minimum atomic E-state index is 0.325. The van der Waals surface area contributed by atoms with Crippen molar-refractivity contribution >= 4 is 5.82 Å². The molecule has 0 unspecified atom stereocenters. The van der Waals surface area contributed by atoms with E-state index in [1.54, 1.807) is 12.4 Å². The first-order valence-electron chi connectivity index (χ1n) is 9.64. The van der Waals surface area contributed by atoms with E-state index in [1.807, 2.05) is 19.1 Å². The summed E-state index contributed by atoms with van der Waals surface area (Å²) < 4.78 is 5.43. The normalized spacial score (nSPS) is 15.4. The fourth-order valence-electron chi connectivity index (χ4n) is 3.25. The molecular weight excluding hydrogens is 354 g/mol. The lowest BCUT2D eigenvalue weighted by Gasteiger charge is -2.34. The Labute approximate surface area is 164 Å². The number of anilines is 1. The second kappa shape index (κ2) is 8.02. The number of hydrogen-bond donors (Lipinski definition) is 0. The number of pyridine rings is 1. The summed E-state index contributed by atoms with van der Waals surface area (Å²) in [4.78, 5) is 22.6. The summed E-state index contributed by atoms with van der Waals surface area (Å²) in [6, 6.07) is 5.86. The summed E-state index contributed by atoms with van der Waals surface area (Å²) in [6.07, 6.45) is 3.47. The van der Waals surface area contributed by atoms with Crippen LogP contribution < -0.4 is 4.90 Å². The van der Waals surface area contributed by atoms with Crippen LogP contribution in [0.1, 0.15) is 37.2 Å². The Morgan fingerprint density at radius 1 is 1.11 bits per heavy atom. The number of aromatic nitrogens is 5. The smallest absolute Gasteiger partial charge is 0.241 e. The van der Waals surface area contributed by atoms with E-state index in [2.05, 4.69) is 49.8 Å². The van der Waals surface area contributed by atoms with E-state index in [4.69, 9.17) is 9.51 Å². The third-order valence-electron chi connectivity index (χ3n) is 4.82. The minimum Gasteiger partial charge on any atom is -0.354 e. The lowest BCUT2D eigenvalue weighted by molar-refractivity contribution is 0.215. The molecule has 0 bridgehead atoms. The van der Waals surface area contributed by atoms with Crippen molar-refractivity contribution in [2.45, 2.75) is 33.2 Å². The standard InChI is InChI=1S/C20H25N7O/c1-14(2)19-22-15(3)11-17(23-19)27-9-7-26(8-10-27)13-18-24-20(25-28-18)16-5-4-6-21-12-16/h4-6,11-12,14H,7-10,13H2,1-3H3. The van der Waals surface area contributed by atoms with Gasteiger partial charge in [-0.05, 0) is 19.1 Å². The van der Waals surface area contributed by atoms with Crippen molar-refractivity contribution in [2.75, 3.05) is 31.1 Å². The molecule has 8 heteroatoms. The van der Waals surface area contributed by atoms with Crippen molar-refractivity contribution in [1.29, 1.82) is 0 Å². The minimum absolute atomic E-state index is 0.325. The van der Waals surface area contributed by atoms with Gasteiger partial charge >= 0.3 is 0 Å². The second-order valence-corrected chi connectivity index (χ2v) is 7.40. The highest BCUT2D eigenvalue weighted by Crippen LogP contribution is 2.20. The van der Waals surface area contributed by atoms with Crippen LogP contribution in [0.3, 0.4) is 0 Å². The van der Waals surface area contributed by atoms with Crippen molar-refractivity contribution in [3.63, 3.8) is 0 Å². The van der Waals surface area contributed by atoms with Crippen LogP contribution in [-0.4, -0.2) is 56.2 Å². The molecule has 0 amide bonds. The Kier molecular flexibility index (Phi) is 5.29. The Balaban J connectivity index is 1.37. The van der Waals surface area contributed by atoms with Crippen molar-refractivity contribution in [2.24, 2.45) is 0 Å². The molecule has 4 rings (SSSR count). The van der Waals surface area contributed by atoms with Gasteiger partial charge < -0.3 is 9.42 Å². The SMILES string of the molecule is Cc1cc(N2CCN(Cc3nc(-c4cccnc4)no3)CC2)nc(C(C)C)n1. The lowest BCUT2D eigenvalue weighted by Crippen LogP contribution is -2.46. The molecule has 1 aliphatic heterocycles. The van der Waals surface area contributed by atoms with E-state index in [0.717, 1.165) is 49.1 Å². The maximum atomic E-state index is 5.43. The first-order valence-corrected chi connectivity index (χ1v) is 9.64. The summed E-state index contributed by atoms with van der Waals surface area (Å²) in [5.41, 5.74) is 1.88. The van der Waals surface area contributed by atoms with Crippen molar-refractivity contribution < 1.29 is 4.52 Å². The first-order chi connectivity index (χ1) is 13.6. The summed E-state index contributed by atoms with van der Waals surface area (Å²) in [5, 5.41) is 4.07. The zero-order valence-corrected chi connectivity index (χ0v) is 16.5. The van der Waals surface area contributed by atoms with Crippen molar-refractivity contribution in [3.05, 3.63) is 48.0 Å². The summed E-state index contributed by atoms with van der Waals surface area (Å²) in [7, 11) is 0. The van der Waals surface area contributed by atoms with Gasteiger partial charge in [0.2, 0.25) is 11.7 Å². The fourth-order valence-corrected chi connectivity index (χ4v) is 3.25. The molecule has 3 aromatic rings. The highest BCUT2D eigenvalue weighted by molar-refractivity contribution is 5.51. The van der Waals surface area contributed by atoms with Crippen LogP contribution in [0, 0.1) is 6.92 Å². The van der Waals surface area contributed by atoms with E-state index < -0.39 is 0 Å². The van der Waals surface area contributed by atoms with Crippen molar-refractivity contribution in [1.82, 2.24) is 30.0 Å². The number of nitrogens with zero attached hydrogens (tertiary/aromatic N) is 7. The number of hydrogen-bond acceptors (Lipinski definition) is 8. The third-order valence-corrected chi connectivity index (χ3v) is 4.82. The average molecular weight is 379 g/mol. The van der Waals surface area contributed by atoms with Crippen LogP contribution >= 0.6 is 0 Å². The quantitative estimate of drug-likeness (QED) is 0.669. The van der Waals surface area contributed by atoms with Gasteiger partial charge in [0.1, 0.15) is 11.6 Å². The van der Waals surface area contributed by atoms with Crippen LogP contribution in [-0.2, 0) is 6.54 Å². The topological polar surface area (TPSA) is 84.1 Å². The van der Waals surface area contributed by atoms with Crippen LogP contribution in [0.5, 0.6) is 0 Å². The van der Waals surface area contributed by atoms with E-state index in [-0.39, 0.29) is 0 Å². The third kappa shape index (κ3) is 4.17. The van der Waals surface area contributed by atoms with Gasteiger partial charge in [-0.1, -0.05) is 19.0 Å². The molecule has 0 aromatic carbocycles. The molecule has 0 saturated carbocycles. The predicted molar refractivity (Wildman–Crippen MR) is 106 cm³/mol. The number of piperazine rings is 1. The first kappa shape index (κ1) is 18.5. The highest BCUT2D eigenvalue weighted by atomic mass is 16.5. The van der Waals surface area contributed by atoms with Crippen LogP contribution in [0.4, 0.5) is 5.82 Å². The molecule has 0 atom stereocenters. The molecule has 146 valence electrons. The van der Waals surface area contributed by atoms with E-state index >= 15 is 0 Å². The molecule has 3 aromatic heterocycles. The zero-order chi connectivity index (χ0) is 19.5. The highest BCUT2D eigenvalue weighted by Gasteiger charge is 2.21. The maximum Gasteiger partial charge on any atom is 0.241 e. The monoisotopic (exact) mass is 379 g/mol. The average Bonchev–Trinajstić information content (AvgIpc) is 3.17. The lowest BCUT2D eigenvalue weighted by atomic mass is 10.2. The van der Waals surface area contributed by atoms with Gasteiger partial charge in [-0.2, -0.15) is 4.98 Å². The van der Waals surface area contributed by atoms with Gasteiger partial charge in [0.05, 0.1) is 6.54 Å². The van der Waals surface area contributed by atoms with Gasteiger partial charge in [0.25, 0.3) is 0 Å². The van der Waals surface area contributed by atoms with Crippen LogP contribution in [0.25, 0.3) is 11.4 Å². The molecule has 4 heterocycles. The Morgan fingerprint density at radius 3 is 2.64 bits per heavy atom. The molecule has 1 saturated heterocycles. The Bertz CT molecular complexity index is 917. The molecule has 0 aliphatic carbocycles. The van der Waals surface area contributed by atoms with E-state index in [9.17, 15) is 0 Å². The largest absolute Gasteiger partial charge is 0.354 e. The molecule has 0 spiro atoms. The van der Waals surface area contributed by atoms with Crippen LogP contribution in [0.2, 0.25) is 0 Å². The van der Waals surface area contributed by atoms with E-state index in [0.29, 0.717) is 24.2 Å². The van der Waals surface area contributed by atoms with Gasteiger partial charge in [0, 0.05) is 61.8 Å². The zero-order valence-electron chi connectivity index (χ0n) is 16.5. The van der Waals surface area contributed by atoms with Gasteiger partial charge in [0.15, 0.2) is 0 Å². The molecule has 1 fully saturated rings. The predicted octanol–water partition coefficient (Wildman–Crippen LogP) is 2.68. The molecule has 1 aliphatic rings. The summed E-state index contributed by atoms with van der Waals surface area (Å²) in [6.45, 7) is 10.6. The van der Waals surface area contributed by atoms with Crippen molar-refractivity contribution in [3.8, 4) is 11.4 Å². The van der Waals surface area contributed by atoms with Crippen LogP contribution in [0.15, 0.2) is 35.1 Å².